The molecule has 2 heterocycles. The number of amides is 1. The predicted octanol–water partition coefficient (Wildman–Crippen LogP) is 4.89. The van der Waals surface area contributed by atoms with Crippen LogP contribution in [0.3, 0.4) is 0 Å². The number of thiazole rings is 2. The van der Waals surface area contributed by atoms with Gasteiger partial charge in [-0.3, -0.25) is 4.79 Å². The fraction of sp³-hybridized carbons (Fsp3) is 0.0556. The first-order valence-electron chi connectivity index (χ1n) is 7.51. The standard InChI is InChI=1S/C18H12ClN3OS2/c1-2-10-22-15-11(19)6-5-9-14(15)25-18(22)21-16(23)17-20-12-7-3-4-8-13(12)24-17/h2-9H,1,10H2. The molecule has 1 amide bonds. The summed E-state index contributed by atoms with van der Waals surface area (Å²) < 4.78 is 3.85. The lowest BCUT2D eigenvalue weighted by Gasteiger charge is -2.02. The SMILES string of the molecule is C=CCn1c(=NC(=O)c2nc3ccccc3s2)sc2cccc(Cl)c21. The summed E-state index contributed by atoms with van der Waals surface area (Å²) in [4.78, 5) is 21.9. The highest BCUT2D eigenvalue weighted by molar-refractivity contribution is 7.20. The topological polar surface area (TPSA) is 47.2 Å². The molecular weight excluding hydrogens is 374 g/mol. The Hall–Kier alpha value is -2.28. The second-order valence-corrected chi connectivity index (χ2v) is 7.72. The maximum Gasteiger partial charge on any atom is 0.308 e. The molecule has 4 aromatic rings. The first kappa shape index (κ1) is 16.2. The second kappa shape index (κ2) is 6.55. The van der Waals surface area contributed by atoms with Gasteiger partial charge in [0.25, 0.3) is 0 Å². The van der Waals surface area contributed by atoms with Crippen molar-refractivity contribution >= 4 is 60.6 Å². The molecule has 0 aliphatic carbocycles. The average Bonchev–Trinajstić information content (AvgIpc) is 3.18. The zero-order chi connectivity index (χ0) is 17.4. The van der Waals surface area contributed by atoms with Crippen molar-refractivity contribution in [3.63, 3.8) is 0 Å². The zero-order valence-electron chi connectivity index (χ0n) is 13.0. The van der Waals surface area contributed by atoms with E-state index in [1.807, 2.05) is 47.0 Å². The number of carbonyl (C=O) groups is 1. The van der Waals surface area contributed by atoms with E-state index in [0.717, 1.165) is 20.4 Å². The van der Waals surface area contributed by atoms with Gasteiger partial charge in [0.1, 0.15) is 0 Å². The van der Waals surface area contributed by atoms with Crippen LogP contribution in [0, 0.1) is 0 Å². The number of benzene rings is 2. The minimum absolute atomic E-state index is 0.346. The minimum atomic E-state index is -0.346. The maximum absolute atomic E-state index is 12.6. The lowest BCUT2D eigenvalue weighted by molar-refractivity contribution is 0.0997. The summed E-state index contributed by atoms with van der Waals surface area (Å²) in [6, 6.07) is 13.3. The van der Waals surface area contributed by atoms with Gasteiger partial charge in [-0.1, -0.05) is 47.2 Å². The van der Waals surface area contributed by atoms with E-state index in [9.17, 15) is 4.79 Å². The highest BCUT2D eigenvalue weighted by Gasteiger charge is 2.14. The van der Waals surface area contributed by atoms with Gasteiger partial charge >= 0.3 is 5.91 Å². The average molecular weight is 386 g/mol. The molecule has 25 heavy (non-hydrogen) atoms. The Kier molecular flexibility index (Phi) is 4.25. The molecular formula is C18H12ClN3OS2. The number of allylic oxidation sites excluding steroid dienone is 1. The molecule has 7 heteroatoms. The first-order chi connectivity index (χ1) is 12.2. The van der Waals surface area contributed by atoms with Gasteiger partial charge in [0.05, 0.1) is 25.5 Å². The van der Waals surface area contributed by atoms with E-state index in [4.69, 9.17) is 11.6 Å². The molecule has 0 saturated carbocycles. The van der Waals surface area contributed by atoms with Crippen molar-refractivity contribution in [1.29, 1.82) is 0 Å². The molecule has 2 aromatic carbocycles. The Bertz CT molecular complexity index is 1150. The fourth-order valence-electron chi connectivity index (χ4n) is 2.57. The summed E-state index contributed by atoms with van der Waals surface area (Å²) in [6.45, 7) is 4.31. The third-order valence-corrected chi connectivity index (χ3v) is 6.01. The van der Waals surface area contributed by atoms with Crippen molar-refractivity contribution < 1.29 is 4.79 Å². The van der Waals surface area contributed by atoms with Crippen molar-refractivity contribution in [2.45, 2.75) is 6.54 Å². The van der Waals surface area contributed by atoms with Crippen molar-refractivity contribution in [3.8, 4) is 0 Å². The fourth-order valence-corrected chi connectivity index (χ4v) is 4.82. The van der Waals surface area contributed by atoms with Gasteiger partial charge in [-0.05, 0) is 24.3 Å². The Morgan fingerprint density at radius 2 is 2.00 bits per heavy atom. The van der Waals surface area contributed by atoms with E-state index >= 15 is 0 Å². The summed E-state index contributed by atoms with van der Waals surface area (Å²) in [7, 11) is 0. The molecule has 0 aliphatic rings. The quantitative estimate of drug-likeness (QED) is 0.471. The normalized spacial score (nSPS) is 12.1. The molecule has 0 unspecified atom stereocenters. The van der Waals surface area contributed by atoms with E-state index in [2.05, 4.69) is 16.6 Å². The van der Waals surface area contributed by atoms with Gasteiger partial charge in [-0.2, -0.15) is 4.99 Å². The molecule has 2 aromatic heterocycles. The number of nitrogens with zero attached hydrogens (tertiary/aromatic N) is 3. The number of fused-ring (bicyclic) bond motifs is 2. The molecule has 0 aliphatic heterocycles. The molecule has 0 saturated heterocycles. The second-order valence-electron chi connectivity index (χ2n) is 5.27. The van der Waals surface area contributed by atoms with Crippen LogP contribution in [0.15, 0.2) is 60.1 Å². The van der Waals surface area contributed by atoms with Gasteiger partial charge in [0.2, 0.25) is 0 Å². The summed E-state index contributed by atoms with van der Waals surface area (Å²) in [5, 5.41) is 1.01. The van der Waals surface area contributed by atoms with E-state index in [-0.39, 0.29) is 5.91 Å². The molecule has 0 N–H and O–H groups in total. The van der Waals surface area contributed by atoms with Crippen LogP contribution in [0.25, 0.3) is 20.4 Å². The Morgan fingerprint density at radius 1 is 1.20 bits per heavy atom. The summed E-state index contributed by atoms with van der Waals surface area (Å²) in [6.07, 6.45) is 1.76. The van der Waals surface area contributed by atoms with E-state index < -0.39 is 0 Å². The number of aromatic nitrogens is 2. The van der Waals surface area contributed by atoms with Crippen LogP contribution >= 0.6 is 34.3 Å². The van der Waals surface area contributed by atoms with Crippen molar-refractivity contribution in [1.82, 2.24) is 9.55 Å². The number of para-hydroxylation sites is 2. The molecule has 0 fully saturated rings. The van der Waals surface area contributed by atoms with Gasteiger partial charge in [0, 0.05) is 6.54 Å². The Labute approximate surface area is 156 Å². The number of halogens is 1. The maximum atomic E-state index is 12.6. The van der Waals surface area contributed by atoms with Crippen LogP contribution in [0.5, 0.6) is 0 Å². The summed E-state index contributed by atoms with van der Waals surface area (Å²) in [5.41, 5.74) is 1.68. The van der Waals surface area contributed by atoms with Gasteiger partial charge in [-0.15, -0.1) is 17.9 Å². The Balaban J connectivity index is 1.87. The molecule has 4 nitrogen and oxygen atoms in total. The predicted molar refractivity (Wildman–Crippen MR) is 105 cm³/mol. The van der Waals surface area contributed by atoms with E-state index in [0.29, 0.717) is 21.4 Å². The van der Waals surface area contributed by atoms with Crippen LogP contribution in [0.4, 0.5) is 0 Å². The van der Waals surface area contributed by atoms with Crippen molar-refractivity contribution in [2.75, 3.05) is 0 Å². The highest BCUT2D eigenvalue weighted by atomic mass is 35.5. The zero-order valence-corrected chi connectivity index (χ0v) is 15.4. The van der Waals surface area contributed by atoms with E-state index in [1.54, 1.807) is 6.08 Å². The third-order valence-electron chi connectivity index (χ3n) is 3.64. The highest BCUT2D eigenvalue weighted by Crippen LogP contribution is 2.26. The Morgan fingerprint density at radius 3 is 2.80 bits per heavy atom. The molecule has 0 atom stereocenters. The minimum Gasteiger partial charge on any atom is -0.311 e. The first-order valence-corrected chi connectivity index (χ1v) is 9.52. The van der Waals surface area contributed by atoms with Crippen LogP contribution in [-0.4, -0.2) is 15.5 Å². The van der Waals surface area contributed by atoms with Crippen LogP contribution < -0.4 is 4.80 Å². The van der Waals surface area contributed by atoms with Gasteiger partial charge in [-0.25, -0.2) is 4.98 Å². The number of hydrogen-bond acceptors (Lipinski definition) is 4. The lowest BCUT2D eigenvalue weighted by Crippen LogP contribution is -2.16. The van der Waals surface area contributed by atoms with Crippen molar-refractivity contribution in [2.24, 2.45) is 4.99 Å². The van der Waals surface area contributed by atoms with Gasteiger partial charge < -0.3 is 4.57 Å². The molecule has 0 radical (unpaired) electrons. The largest absolute Gasteiger partial charge is 0.311 e. The number of carbonyl (C=O) groups excluding carboxylic acids is 1. The number of hydrogen-bond donors (Lipinski definition) is 0. The third kappa shape index (κ3) is 2.93. The smallest absolute Gasteiger partial charge is 0.308 e. The van der Waals surface area contributed by atoms with E-state index in [1.165, 1.54) is 22.7 Å². The van der Waals surface area contributed by atoms with Gasteiger partial charge in [0.15, 0.2) is 9.81 Å². The monoisotopic (exact) mass is 385 g/mol. The van der Waals surface area contributed by atoms with Crippen molar-refractivity contribution in [3.05, 3.63) is 70.0 Å². The molecule has 124 valence electrons. The summed E-state index contributed by atoms with van der Waals surface area (Å²) >= 11 is 9.11. The molecule has 0 spiro atoms. The van der Waals surface area contributed by atoms with Crippen LogP contribution in [0.1, 0.15) is 9.80 Å². The van der Waals surface area contributed by atoms with Crippen LogP contribution in [-0.2, 0) is 6.54 Å². The summed E-state index contributed by atoms with van der Waals surface area (Å²) in [5.74, 6) is -0.346. The molecule has 4 rings (SSSR count). The van der Waals surface area contributed by atoms with Crippen LogP contribution in [0.2, 0.25) is 5.02 Å². The molecule has 0 bridgehead atoms. The lowest BCUT2D eigenvalue weighted by atomic mass is 10.3. The number of rotatable bonds is 3.